The van der Waals surface area contributed by atoms with Gasteiger partial charge in [0.25, 0.3) is 0 Å². The van der Waals surface area contributed by atoms with E-state index in [4.69, 9.17) is 5.11 Å². The predicted octanol–water partition coefficient (Wildman–Crippen LogP) is 2.12. The average Bonchev–Trinajstić information content (AvgIpc) is 3.10. The van der Waals surface area contributed by atoms with E-state index in [9.17, 15) is 22.8 Å². The van der Waals surface area contributed by atoms with Crippen LogP contribution in [0.5, 0.6) is 0 Å². The summed E-state index contributed by atoms with van der Waals surface area (Å²) in [7, 11) is 0. The van der Waals surface area contributed by atoms with Crippen LogP contribution >= 0.6 is 11.3 Å². The third-order valence-electron chi connectivity index (χ3n) is 4.03. The van der Waals surface area contributed by atoms with Crippen LogP contribution in [0.15, 0.2) is 12.1 Å². The van der Waals surface area contributed by atoms with Gasteiger partial charge in [-0.2, -0.15) is 13.2 Å². The Hall–Kier alpha value is -1.61. The van der Waals surface area contributed by atoms with E-state index < -0.39 is 36.4 Å². The third-order valence-corrected chi connectivity index (χ3v) is 5.26. The maximum Gasteiger partial charge on any atom is 0.393 e. The van der Waals surface area contributed by atoms with Gasteiger partial charge in [-0.25, -0.2) is 0 Å². The molecule has 1 amide bonds. The lowest BCUT2D eigenvalue weighted by Crippen LogP contribution is -2.36. The smallest absolute Gasteiger partial charge is 0.393 e. The van der Waals surface area contributed by atoms with Crippen molar-refractivity contribution in [3.05, 3.63) is 21.9 Å². The first kappa shape index (κ1) is 18.7. The number of thiophene rings is 1. The molecule has 1 aliphatic heterocycles. The van der Waals surface area contributed by atoms with Crippen LogP contribution in [-0.2, 0) is 22.6 Å². The van der Waals surface area contributed by atoms with Gasteiger partial charge in [-0.15, -0.1) is 11.3 Å². The largest absolute Gasteiger partial charge is 0.481 e. The summed E-state index contributed by atoms with van der Waals surface area (Å²) in [6, 6.07) is 3.87. The summed E-state index contributed by atoms with van der Waals surface area (Å²) in [5.41, 5.74) is 0. The van der Waals surface area contributed by atoms with E-state index in [2.05, 4.69) is 5.32 Å². The molecule has 1 aromatic rings. The Balaban J connectivity index is 1.86. The Morgan fingerprint density at radius 1 is 1.33 bits per heavy atom. The molecule has 24 heavy (non-hydrogen) atoms. The lowest BCUT2D eigenvalue weighted by atomic mass is 9.96. The van der Waals surface area contributed by atoms with Crippen LogP contribution in [0, 0.1) is 11.8 Å². The minimum absolute atomic E-state index is 0.234. The maximum atomic E-state index is 12.9. The van der Waals surface area contributed by atoms with Crippen LogP contribution < -0.4 is 5.32 Å². The molecular formula is C15H19F3N2O3S. The van der Waals surface area contributed by atoms with Crippen molar-refractivity contribution in [3.8, 4) is 0 Å². The van der Waals surface area contributed by atoms with E-state index in [1.54, 1.807) is 11.3 Å². The second kappa shape index (κ2) is 7.52. The maximum absolute atomic E-state index is 12.9. The highest BCUT2D eigenvalue weighted by Gasteiger charge is 2.52. The van der Waals surface area contributed by atoms with Crippen molar-refractivity contribution in [2.24, 2.45) is 11.8 Å². The van der Waals surface area contributed by atoms with Crippen LogP contribution in [0.2, 0.25) is 0 Å². The van der Waals surface area contributed by atoms with Gasteiger partial charge in [0.2, 0.25) is 5.91 Å². The first-order valence-electron chi connectivity index (χ1n) is 7.56. The summed E-state index contributed by atoms with van der Waals surface area (Å²) in [6.07, 6.45) is -3.68. The van der Waals surface area contributed by atoms with Crippen molar-refractivity contribution in [2.75, 3.05) is 19.6 Å². The molecule has 0 aliphatic carbocycles. The minimum atomic E-state index is -4.58. The molecule has 0 unspecified atom stereocenters. The van der Waals surface area contributed by atoms with Crippen molar-refractivity contribution in [1.82, 2.24) is 10.2 Å². The molecule has 1 fully saturated rings. The summed E-state index contributed by atoms with van der Waals surface area (Å²) < 4.78 is 38.7. The predicted molar refractivity (Wildman–Crippen MR) is 82.7 cm³/mol. The summed E-state index contributed by atoms with van der Waals surface area (Å²) in [5.74, 6) is -5.35. The second-order valence-electron chi connectivity index (χ2n) is 5.79. The standard InChI is InChI=1S/C15H19F3N2O3S/c1-2-9-3-4-10(24-9)5-19-13(21)8-20-6-11(14(22)23)12(7-20)15(16,17)18/h3-4,11-12H,2,5-8H2,1H3,(H,19,21)(H,22,23)/t11-,12-/m1/s1. The molecule has 2 heterocycles. The van der Waals surface area contributed by atoms with E-state index >= 15 is 0 Å². The molecule has 2 N–H and O–H groups in total. The fourth-order valence-electron chi connectivity index (χ4n) is 2.75. The topological polar surface area (TPSA) is 69.6 Å². The molecule has 1 aliphatic rings. The number of halogens is 3. The van der Waals surface area contributed by atoms with Gasteiger partial charge >= 0.3 is 12.1 Å². The molecule has 1 aromatic heterocycles. The quantitative estimate of drug-likeness (QED) is 0.811. The number of aliphatic carboxylic acids is 1. The Kier molecular flexibility index (Phi) is 5.87. The fourth-order valence-corrected chi connectivity index (χ4v) is 3.65. The number of carboxylic acids is 1. The lowest BCUT2D eigenvalue weighted by Gasteiger charge is -2.18. The number of carboxylic acid groups (broad SMARTS) is 1. The van der Waals surface area contributed by atoms with Crippen LogP contribution in [0.4, 0.5) is 13.2 Å². The Labute approximate surface area is 141 Å². The number of aryl methyl sites for hydroxylation is 1. The van der Waals surface area contributed by atoms with Crippen molar-refractivity contribution >= 4 is 23.2 Å². The summed E-state index contributed by atoms with van der Waals surface area (Å²) in [4.78, 5) is 26.3. The second-order valence-corrected chi connectivity index (χ2v) is 7.04. The lowest BCUT2D eigenvalue weighted by molar-refractivity contribution is -0.188. The van der Waals surface area contributed by atoms with Gasteiger partial charge in [-0.05, 0) is 18.6 Å². The molecular weight excluding hydrogens is 345 g/mol. The van der Waals surface area contributed by atoms with E-state index in [1.165, 1.54) is 9.78 Å². The SMILES string of the molecule is CCc1ccc(CNC(=O)CN2C[C@@H](C(F)(F)F)[C@H](C(=O)O)C2)s1. The third kappa shape index (κ3) is 4.70. The fraction of sp³-hybridized carbons (Fsp3) is 0.600. The van der Waals surface area contributed by atoms with Gasteiger partial charge < -0.3 is 10.4 Å². The molecule has 0 radical (unpaired) electrons. The highest BCUT2D eigenvalue weighted by Crippen LogP contribution is 2.37. The zero-order valence-corrected chi connectivity index (χ0v) is 13.9. The van der Waals surface area contributed by atoms with Gasteiger partial charge in [0.1, 0.15) is 0 Å². The number of alkyl halides is 3. The van der Waals surface area contributed by atoms with Gasteiger partial charge in [0.15, 0.2) is 0 Å². The zero-order valence-electron chi connectivity index (χ0n) is 13.1. The van der Waals surface area contributed by atoms with E-state index in [0.717, 1.165) is 11.3 Å². The normalized spacial score (nSPS) is 21.8. The van der Waals surface area contributed by atoms with Gasteiger partial charge in [0, 0.05) is 22.8 Å². The summed E-state index contributed by atoms with van der Waals surface area (Å²) in [6.45, 7) is 1.38. The van der Waals surface area contributed by atoms with Gasteiger partial charge in [0.05, 0.1) is 24.9 Å². The average molecular weight is 364 g/mol. The van der Waals surface area contributed by atoms with Crippen molar-refractivity contribution in [2.45, 2.75) is 26.1 Å². The van der Waals surface area contributed by atoms with E-state index in [0.29, 0.717) is 6.54 Å². The number of nitrogens with zero attached hydrogens (tertiary/aromatic N) is 1. The number of amides is 1. The Morgan fingerprint density at radius 3 is 2.50 bits per heavy atom. The van der Waals surface area contributed by atoms with Crippen LogP contribution in [0.1, 0.15) is 16.7 Å². The molecule has 0 aromatic carbocycles. The van der Waals surface area contributed by atoms with Gasteiger partial charge in [-0.3, -0.25) is 14.5 Å². The van der Waals surface area contributed by atoms with Crippen molar-refractivity contribution < 1.29 is 27.9 Å². The highest BCUT2D eigenvalue weighted by atomic mass is 32.1. The molecule has 0 saturated carbocycles. The number of hydrogen-bond donors (Lipinski definition) is 2. The highest BCUT2D eigenvalue weighted by molar-refractivity contribution is 7.11. The molecule has 0 bridgehead atoms. The molecule has 5 nitrogen and oxygen atoms in total. The van der Waals surface area contributed by atoms with Crippen molar-refractivity contribution in [3.63, 3.8) is 0 Å². The zero-order chi connectivity index (χ0) is 17.9. The number of nitrogens with one attached hydrogen (secondary N) is 1. The molecule has 0 spiro atoms. The van der Waals surface area contributed by atoms with E-state index in [1.807, 2.05) is 19.1 Å². The Bertz CT molecular complexity index is 603. The summed E-state index contributed by atoms with van der Waals surface area (Å²) in [5, 5.41) is 11.6. The number of hydrogen-bond acceptors (Lipinski definition) is 4. The summed E-state index contributed by atoms with van der Waals surface area (Å²) >= 11 is 1.57. The number of carbonyl (C=O) groups is 2. The molecule has 134 valence electrons. The first-order chi connectivity index (χ1) is 11.2. The van der Waals surface area contributed by atoms with Crippen LogP contribution in [0.3, 0.4) is 0 Å². The molecule has 1 saturated heterocycles. The number of likely N-dealkylation sites (tertiary alicyclic amines) is 1. The molecule has 2 atom stereocenters. The Morgan fingerprint density at radius 2 is 2.00 bits per heavy atom. The monoisotopic (exact) mass is 364 g/mol. The van der Waals surface area contributed by atoms with Crippen LogP contribution in [0.25, 0.3) is 0 Å². The number of rotatable bonds is 6. The van der Waals surface area contributed by atoms with Crippen molar-refractivity contribution in [1.29, 1.82) is 0 Å². The van der Waals surface area contributed by atoms with Crippen LogP contribution in [-0.4, -0.2) is 47.7 Å². The molecule has 2 rings (SSSR count). The van der Waals surface area contributed by atoms with Gasteiger partial charge in [-0.1, -0.05) is 6.92 Å². The minimum Gasteiger partial charge on any atom is -0.481 e. The van der Waals surface area contributed by atoms with E-state index in [-0.39, 0.29) is 13.1 Å². The number of carbonyl (C=O) groups excluding carboxylic acids is 1. The first-order valence-corrected chi connectivity index (χ1v) is 8.38. The molecule has 9 heteroatoms.